The zero-order chi connectivity index (χ0) is 14.6. The molecule has 106 valence electrons. The Balaban J connectivity index is 2.86. The predicted octanol–water partition coefficient (Wildman–Crippen LogP) is 1.38. The summed E-state index contributed by atoms with van der Waals surface area (Å²) in [6.45, 7) is 8.67. The molecule has 0 saturated carbocycles. The summed E-state index contributed by atoms with van der Waals surface area (Å²) in [5, 5.41) is 3.04. The molecule has 0 spiro atoms. The Morgan fingerprint density at radius 3 is 2.58 bits per heavy atom. The van der Waals surface area contributed by atoms with Crippen molar-refractivity contribution in [1.82, 2.24) is 14.9 Å². The minimum absolute atomic E-state index is 0.0187. The van der Waals surface area contributed by atoms with E-state index in [4.69, 9.17) is 5.73 Å². The van der Waals surface area contributed by atoms with E-state index in [-0.39, 0.29) is 18.4 Å². The van der Waals surface area contributed by atoms with Crippen molar-refractivity contribution in [2.45, 2.75) is 33.6 Å². The van der Waals surface area contributed by atoms with E-state index in [1.165, 1.54) is 0 Å². The third kappa shape index (κ3) is 3.81. The molecule has 1 aromatic rings. The van der Waals surface area contributed by atoms with E-state index in [2.05, 4.69) is 15.3 Å². The average Bonchev–Trinajstić information content (AvgIpc) is 2.38. The second kappa shape index (κ2) is 6.36. The fourth-order valence-corrected chi connectivity index (χ4v) is 1.45. The van der Waals surface area contributed by atoms with E-state index in [0.29, 0.717) is 24.0 Å². The number of nitrogens with zero attached hydrogens (tertiary/aromatic N) is 3. The lowest BCUT2D eigenvalue weighted by molar-refractivity contribution is -0.127. The number of nitrogens with one attached hydrogen (secondary N) is 1. The summed E-state index contributed by atoms with van der Waals surface area (Å²) in [6.07, 6.45) is 0. The van der Waals surface area contributed by atoms with Crippen molar-refractivity contribution in [2.24, 2.45) is 0 Å². The SMILES string of the molecule is CCN(C)C(=O)CNc1nc(C(C)C)nc(N)c1C. The second-order valence-electron chi connectivity index (χ2n) is 4.86. The molecule has 1 amide bonds. The number of hydrogen-bond acceptors (Lipinski definition) is 5. The maximum atomic E-state index is 11.8. The van der Waals surface area contributed by atoms with Gasteiger partial charge in [0.1, 0.15) is 17.5 Å². The van der Waals surface area contributed by atoms with Crippen LogP contribution in [-0.4, -0.2) is 40.9 Å². The van der Waals surface area contributed by atoms with Crippen molar-refractivity contribution in [3.63, 3.8) is 0 Å². The molecular weight excluding hydrogens is 242 g/mol. The van der Waals surface area contributed by atoms with Gasteiger partial charge in [0.15, 0.2) is 0 Å². The van der Waals surface area contributed by atoms with E-state index in [0.717, 1.165) is 5.56 Å². The first-order valence-electron chi connectivity index (χ1n) is 6.48. The number of anilines is 2. The van der Waals surface area contributed by atoms with Crippen LogP contribution in [0.3, 0.4) is 0 Å². The molecule has 0 aliphatic carbocycles. The van der Waals surface area contributed by atoms with Gasteiger partial charge in [0.2, 0.25) is 5.91 Å². The van der Waals surface area contributed by atoms with Crippen LogP contribution in [0.1, 0.15) is 38.1 Å². The molecule has 0 unspecified atom stereocenters. The highest BCUT2D eigenvalue weighted by atomic mass is 16.2. The zero-order valence-electron chi connectivity index (χ0n) is 12.3. The Labute approximate surface area is 114 Å². The molecular formula is C13H23N5O. The van der Waals surface area contributed by atoms with Crippen LogP contribution in [0.2, 0.25) is 0 Å². The molecule has 0 fully saturated rings. The van der Waals surface area contributed by atoms with Gasteiger partial charge >= 0.3 is 0 Å². The topological polar surface area (TPSA) is 84.1 Å². The smallest absolute Gasteiger partial charge is 0.241 e. The first-order valence-corrected chi connectivity index (χ1v) is 6.48. The second-order valence-corrected chi connectivity index (χ2v) is 4.86. The highest BCUT2D eigenvalue weighted by molar-refractivity contribution is 5.80. The first kappa shape index (κ1) is 15.2. The van der Waals surface area contributed by atoms with Crippen LogP contribution in [-0.2, 0) is 4.79 Å². The third-order valence-electron chi connectivity index (χ3n) is 3.02. The molecule has 1 heterocycles. The van der Waals surface area contributed by atoms with Crippen LogP contribution in [0, 0.1) is 6.92 Å². The summed E-state index contributed by atoms with van der Waals surface area (Å²) in [5.41, 5.74) is 6.64. The van der Waals surface area contributed by atoms with Crippen molar-refractivity contribution in [3.8, 4) is 0 Å². The number of nitrogens with two attached hydrogens (primary N) is 1. The zero-order valence-corrected chi connectivity index (χ0v) is 12.3. The number of carbonyl (C=O) groups is 1. The molecule has 0 aliphatic rings. The predicted molar refractivity (Wildman–Crippen MR) is 77.1 cm³/mol. The summed E-state index contributed by atoms with van der Waals surface area (Å²) in [7, 11) is 1.77. The number of aromatic nitrogens is 2. The molecule has 0 aliphatic heterocycles. The van der Waals surface area contributed by atoms with Crippen LogP contribution in [0.25, 0.3) is 0 Å². The summed E-state index contributed by atoms with van der Waals surface area (Å²) in [4.78, 5) is 22.1. The Morgan fingerprint density at radius 2 is 2.05 bits per heavy atom. The van der Waals surface area contributed by atoms with E-state index in [1.807, 2.05) is 27.7 Å². The number of amides is 1. The Morgan fingerprint density at radius 1 is 1.42 bits per heavy atom. The Bertz CT molecular complexity index is 459. The highest BCUT2D eigenvalue weighted by Crippen LogP contribution is 2.20. The Kier molecular flexibility index (Phi) is 5.09. The van der Waals surface area contributed by atoms with Gasteiger partial charge in [0.25, 0.3) is 0 Å². The van der Waals surface area contributed by atoms with Crippen LogP contribution in [0.5, 0.6) is 0 Å². The number of hydrogen-bond donors (Lipinski definition) is 2. The maximum Gasteiger partial charge on any atom is 0.241 e. The normalized spacial score (nSPS) is 10.6. The van der Waals surface area contributed by atoms with Gasteiger partial charge in [0, 0.05) is 25.1 Å². The molecule has 1 aromatic heterocycles. The largest absolute Gasteiger partial charge is 0.383 e. The fourth-order valence-electron chi connectivity index (χ4n) is 1.45. The summed E-state index contributed by atoms with van der Waals surface area (Å²) in [6, 6.07) is 0. The van der Waals surface area contributed by atoms with Gasteiger partial charge in [-0.05, 0) is 13.8 Å². The van der Waals surface area contributed by atoms with Gasteiger partial charge in [-0.2, -0.15) is 0 Å². The lowest BCUT2D eigenvalue weighted by atomic mass is 10.2. The quantitative estimate of drug-likeness (QED) is 0.840. The molecule has 0 atom stereocenters. The van der Waals surface area contributed by atoms with Gasteiger partial charge < -0.3 is 16.0 Å². The fraction of sp³-hybridized carbons (Fsp3) is 0.615. The van der Waals surface area contributed by atoms with E-state index in [9.17, 15) is 4.79 Å². The molecule has 6 nitrogen and oxygen atoms in total. The van der Waals surface area contributed by atoms with Crippen molar-refractivity contribution in [3.05, 3.63) is 11.4 Å². The van der Waals surface area contributed by atoms with E-state index >= 15 is 0 Å². The summed E-state index contributed by atoms with van der Waals surface area (Å²) >= 11 is 0. The number of rotatable bonds is 5. The molecule has 0 radical (unpaired) electrons. The average molecular weight is 265 g/mol. The van der Waals surface area contributed by atoms with E-state index in [1.54, 1.807) is 11.9 Å². The van der Waals surface area contributed by atoms with Crippen molar-refractivity contribution >= 4 is 17.5 Å². The van der Waals surface area contributed by atoms with Gasteiger partial charge in [-0.15, -0.1) is 0 Å². The maximum absolute atomic E-state index is 11.8. The molecule has 0 saturated heterocycles. The molecule has 3 N–H and O–H groups in total. The monoisotopic (exact) mass is 265 g/mol. The van der Waals surface area contributed by atoms with Crippen LogP contribution < -0.4 is 11.1 Å². The van der Waals surface area contributed by atoms with Crippen molar-refractivity contribution < 1.29 is 4.79 Å². The third-order valence-corrected chi connectivity index (χ3v) is 3.02. The van der Waals surface area contributed by atoms with Gasteiger partial charge in [-0.25, -0.2) is 9.97 Å². The number of carbonyl (C=O) groups excluding carboxylic acids is 1. The van der Waals surface area contributed by atoms with Crippen LogP contribution in [0.4, 0.5) is 11.6 Å². The minimum Gasteiger partial charge on any atom is -0.383 e. The first-order chi connectivity index (χ1) is 8.86. The Hall–Kier alpha value is -1.85. The lowest BCUT2D eigenvalue weighted by Crippen LogP contribution is -2.32. The molecule has 0 bridgehead atoms. The number of nitrogen functional groups attached to an aromatic ring is 1. The molecule has 19 heavy (non-hydrogen) atoms. The summed E-state index contributed by atoms with van der Waals surface area (Å²) in [5.74, 6) is 1.98. The standard InChI is InChI=1S/C13H23N5O/c1-6-18(5)10(19)7-15-13-9(4)11(14)16-12(17-13)8(2)3/h8H,6-7H2,1-5H3,(H3,14,15,16,17). The van der Waals surface area contributed by atoms with Crippen molar-refractivity contribution in [2.75, 3.05) is 31.2 Å². The molecule has 6 heteroatoms. The highest BCUT2D eigenvalue weighted by Gasteiger charge is 2.13. The summed E-state index contributed by atoms with van der Waals surface area (Å²) < 4.78 is 0. The van der Waals surface area contributed by atoms with E-state index < -0.39 is 0 Å². The molecule has 1 rings (SSSR count). The van der Waals surface area contributed by atoms with Gasteiger partial charge in [0.05, 0.1) is 6.54 Å². The molecule has 0 aromatic carbocycles. The van der Waals surface area contributed by atoms with Crippen LogP contribution >= 0.6 is 0 Å². The van der Waals surface area contributed by atoms with Crippen LogP contribution in [0.15, 0.2) is 0 Å². The van der Waals surface area contributed by atoms with Crippen molar-refractivity contribution in [1.29, 1.82) is 0 Å². The lowest BCUT2D eigenvalue weighted by Gasteiger charge is -2.17. The van der Waals surface area contributed by atoms with Gasteiger partial charge in [-0.3, -0.25) is 4.79 Å². The van der Waals surface area contributed by atoms with Gasteiger partial charge in [-0.1, -0.05) is 13.8 Å². The number of likely N-dealkylation sites (N-methyl/N-ethyl adjacent to an activating group) is 1. The minimum atomic E-state index is 0.0187.